The van der Waals surface area contributed by atoms with Crippen LogP contribution in [0, 0.1) is 6.92 Å². The second-order valence-corrected chi connectivity index (χ2v) is 5.50. The summed E-state index contributed by atoms with van der Waals surface area (Å²) in [6.07, 6.45) is 2.25. The molecule has 0 saturated carbocycles. The van der Waals surface area contributed by atoms with Gasteiger partial charge in [-0.15, -0.1) is 0 Å². The number of ether oxygens (including phenoxy) is 2. The van der Waals surface area contributed by atoms with Crippen molar-refractivity contribution < 1.29 is 14.3 Å². The van der Waals surface area contributed by atoms with Crippen LogP contribution in [0.5, 0.6) is 5.75 Å². The maximum atomic E-state index is 12.1. The van der Waals surface area contributed by atoms with Crippen LogP contribution in [0.3, 0.4) is 0 Å². The molecule has 0 spiro atoms. The minimum Gasteiger partial charge on any atom is -0.497 e. The Morgan fingerprint density at radius 2 is 2.19 bits per heavy atom. The summed E-state index contributed by atoms with van der Waals surface area (Å²) in [7, 11) is 1.64. The van der Waals surface area contributed by atoms with E-state index in [1.54, 1.807) is 7.11 Å². The summed E-state index contributed by atoms with van der Waals surface area (Å²) < 4.78 is 10.5. The molecule has 0 radical (unpaired) electrons. The number of methoxy groups -OCH3 is 1. The molecule has 0 bridgehead atoms. The highest BCUT2D eigenvalue weighted by Crippen LogP contribution is 2.18. The van der Waals surface area contributed by atoms with Gasteiger partial charge in [-0.1, -0.05) is 6.07 Å². The number of nitrogens with one attached hydrogen (secondary N) is 1. The van der Waals surface area contributed by atoms with Crippen molar-refractivity contribution in [3.8, 4) is 5.75 Å². The summed E-state index contributed by atoms with van der Waals surface area (Å²) in [5.74, 6) is 0.730. The van der Waals surface area contributed by atoms with Crippen molar-refractivity contribution in [3.63, 3.8) is 0 Å². The van der Waals surface area contributed by atoms with Crippen molar-refractivity contribution in [3.05, 3.63) is 29.3 Å². The van der Waals surface area contributed by atoms with Gasteiger partial charge in [0.15, 0.2) is 0 Å². The highest BCUT2D eigenvalue weighted by molar-refractivity contribution is 5.82. The number of nitrogens with two attached hydrogens (primary N) is 1. The van der Waals surface area contributed by atoms with Crippen LogP contribution in [0.2, 0.25) is 0 Å². The fourth-order valence-electron chi connectivity index (χ4n) is 2.50. The SMILES string of the molecule is COc1ccc(C[C@H](N)C(=O)NC2CCOCC2)c(C)c1. The van der Waals surface area contributed by atoms with E-state index in [1.807, 2.05) is 25.1 Å². The number of hydrogen-bond acceptors (Lipinski definition) is 4. The maximum absolute atomic E-state index is 12.1. The molecule has 1 aliphatic heterocycles. The lowest BCUT2D eigenvalue weighted by Gasteiger charge is -2.24. The van der Waals surface area contributed by atoms with E-state index in [0.29, 0.717) is 19.6 Å². The largest absolute Gasteiger partial charge is 0.497 e. The zero-order valence-electron chi connectivity index (χ0n) is 12.7. The van der Waals surface area contributed by atoms with E-state index in [1.165, 1.54) is 0 Å². The summed E-state index contributed by atoms with van der Waals surface area (Å²) in [4.78, 5) is 12.1. The van der Waals surface area contributed by atoms with Gasteiger partial charge in [0.25, 0.3) is 0 Å². The Morgan fingerprint density at radius 1 is 1.48 bits per heavy atom. The number of rotatable bonds is 5. The summed E-state index contributed by atoms with van der Waals surface area (Å²) in [5.41, 5.74) is 8.19. The fourth-order valence-corrected chi connectivity index (χ4v) is 2.50. The van der Waals surface area contributed by atoms with Gasteiger partial charge in [0.1, 0.15) is 5.75 Å². The number of benzene rings is 1. The van der Waals surface area contributed by atoms with Gasteiger partial charge in [-0.2, -0.15) is 0 Å². The van der Waals surface area contributed by atoms with Crippen LogP contribution in [0.15, 0.2) is 18.2 Å². The minimum atomic E-state index is -0.528. The standard InChI is InChI=1S/C16H24N2O3/c1-11-9-14(20-2)4-3-12(11)10-15(17)16(19)18-13-5-7-21-8-6-13/h3-4,9,13,15H,5-8,10,17H2,1-2H3,(H,18,19)/t15-/m0/s1. The van der Waals surface area contributed by atoms with Crippen molar-refractivity contribution in [1.29, 1.82) is 0 Å². The second-order valence-electron chi connectivity index (χ2n) is 5.50. The molecule has 1 heterocycles. The monoisotopic (exact) mass is 292 g/mol. The summed E-state index contributed by atoms with van der Waals surface area (Å²) in [6.45, 7) is 3.41. The summed E-state index contributed by atoms with van der Waals surface area (Å²) in [5, 5.41) is 3.01. The van der Waals surface area contributed by atoms with Crippen molar-refractivity contribution >= 4 is 5.91 Å². The van der Waals surface area contributed by atoms with Gasteiger partial charge in [-0.25, -0.2) is 0 Å². The van der Waals surface area contributed by atoms with Gasteiger partial charge in [-0.3, -0.25) is 4.79 Å². The van der Waals surface area contributed by atoms with Crippen LogP contribution in [-0.4, -0.2) is 38.3 Å². The molecule has 0 aromatic heterocycles. The Balaban J connectivity index is 1.90. The first kappa shape index (κ1) is 15.8. The first-order valence-electron chi connectivity index (χ1n) is 7.37. The molecule has 116 valence electrons. The zero-order chi connectivity index (χ0) is 15.2. The number of aryl methyl sites for hydroxylation is 1. The van der Waals surface area contributed by atoms with Gasteiger partial charge in [-0.05, 0) is 49.4 Å². The van der Waals surface area contributed by atoms with Crippen LogP contribution in [-0.2, 0) is 16.0 Å². The maximum Gasteiger partial charge on any atom is 0.237 e. The van der Waals surface area contributed by atoms with E-state index in [9.17, 15) is 4.79 Å². The quantitative estimate of drug-likeness (QED) is 0.854. The predicted octanol–water partition coefficient (Wildman–Crippen LogP) is 1.17. The highest BCUT2D eigenvalue weighted by atomic mass is 16.5. The van der Waals surface area contributed by atoms with Gasteiger partial charge in [0.2, 0.25) is 5.91 Å². The van der Waals surface area contributed by atoms with E-state index in [4.69, 9.17) is 15.2 Å². The van der Waals surface area contributed by atoms with Crippen LogP contribution in [0.4, 0.5) is 0 Å². The lowest BCUT2D eigenvalue weighted by atomic mass is 10.00. The third-order valence-corrected chi connectivity index (χ3v) is 3.89. The zero-order valence-corrected chi connectivity index (χ0v) is 12.7. The number of amides is 1. The fraction of sp³-hybridized carbons (Fsp3) is 0.562. The molecule has 5 nitrogen and oxygen atoms in total. The number of hydrogen-bond donors (Lipinski definition) is 2. The molecule has 1 aliphatic rings. The van der Waals surface area contributed by atoms with Crippen molar-refractivity contribution in [2.75, 3.05) is 20.3 Å². The van der Waals surface area contributed by atoms with Gasteiger partial charge < -0.3 is 20.5 Å². The molecule has 0 unspecified atom stereocenters. The van der Waals surface area contributed by atoms with Crippen molar-refractivity contribution in [2.24, 2.45) is 5.73 Å². The molecule has 3 N–H and O–H groups in total. The Labute approximate surface area is 125 Å². The molecule has 5 heteroatoms. The summed E-state index contributed by atoms with van der Waals surface area (Å²) in [6, 6.07) is 5.48. The third kappa shape index (κ3) is 4.44. The molecule has 1 atom stereocenters. The number of carbonyl (C=O) groups is 1. The Morgan fingerprint density at radius 3 is 2.81 bits per heavy atom. The van der Waals surface area contributed by atoms with Gasteiger partial charge >= 0.3 is 0 Å². The average Bonchev–Trinajstić information content (AvgIpc) is 2.50. The van der Waals surface area contributed by atoms with Crippen molar-refractivity contribution in [2.45, 2.75) is 38.3 Å². The average molecular weight is 292 g/mol. The second kappa shape index (κ2) is 7.43. The lowest BCUT2D eigenvalue weighted by Crippen LogP contribution is -2.48. The van der Waals surface area contributed by atoms with E-state index in [2.05, 4.69) is 5.32 Å². The highest BCUT2D eigenvalue weighted by Gasteiger charge is 2.20. The van der Waals surface area contributed by atoms with Crippen LogP contribution in [0.1, 0.15) is 24.0 Å². The molecule has 0 aliphatic carbocycles. The molecular weight excluding hydrogens is 268 g/mol. The molecule has 1 saturated heterocycles. The molecule has 1 aromatic rings. The first-order chi connectivity index (χ1) is 10.1. The molecule has 1 fully saturated rings. The van der Waals surface area contributed by atoms with Crippen molar-refractivity contribution in [1.82, 2.24) is 5.32 Å². The van der Waals surface area contributed by atoms with E-state index in [-0.39, 0.29) is 11.9 Å². The molecule has 2 rings (SSSR count). The van der Waals surface area contributed by atoms with Crippen LogP contribution < -0.4 is 15.8 Å². The van der Waals surface area contributed by atoms with Gasteiger partial charge in [0.05, 0.1) is 13.2 Å². The molecule has 21 heavy (non-hydrogen) atoms. The van der Waals surface area contributed by atoms with Crippen LogP contribution >= 0.6 is 0 Å². The third-order valence-electron chi connectivity index (χ3n) is 3.89. The van der Waals surface area contributed by atoms with E-state index in [0.717, 1.165) is 29.7 Å². The summed E-state index contributed by atoms with van der Waals surface area (Å²) >= 11 is 0. The lowest BCUT2D eigenvalue weighted by molar-refractivity contribution is -0.123. The molecule has 1 amide bonds. The molecule has 1 aromatic carbocycles. The smallest absolute Gasteiger partial charge is 0.237 e. The minimum absolute atomic E-state index is 0.0860. The first-order valence-corrected chi connectivity index (χ1v) is 7.37. The Bertz CT molecular complexity index is 484. The van der Waals surface area contributed by atoms with E-state index >= 15 is 0 Å². The van der Waals surface area contributed by atoms with Gasteiger partial charge in [0, 0.05) is 19.3 Å². The molecular formula is C16H24N2O3. The predicted molar refractivity (Wildman–Crippen MR) is 81.4 cm³/mol. The topological polar surface area (TPSA) is 73.6 Å². The van der Waals surface area contributed by atoms with Crippen LogP contribution in [0.25, 0.3) is 0 Å². The Kier molecular flexibility index (Phi) is 5.59. The van der Waals surface area contributed by atoms with E-state index < -0.39 is 6.04 Å². The Hall–Kier alpha value is -1.59. The number of carbonyl (C=O) groups excluding carboxylic acids is 1. The normalized spacial score (nSPS) is 17.3.